The van der Waals surface area contributed by atoms with Gasteiger partial charge in [0.1, 0.15) is 11.9 Å². The van der Waals surface area contributed by atoms with E-state index >= 15 is 0 Å². The molecule has 4 heterocycles. The Balaban J connectivity index is 1.26. The summed E-state index contributed by atoms with van der Waals surface area (Å²) < 4.78 is 14.2. The lowest BCUT2D eigenvalue weighted by Gasteiger charge is -2.36. The first kappa shape index (κ1) is 30.0. The molecule has 1 aromatic heterocycles. The topological polar surface area (TPSA) is 72.0 Å². The van der Waals surface area contributed by atoms with E-state index in [0.29, 0.717) is 42.8 Å². The van der Waals surface area contributed by atoms with Crippen LogP contribution in [0.1, 0.15) is 48.4 Å². The van der Waals surface area contributed by atoms with E-state index in [2.05, 4.69) is 27.1 Å². The fourth-order valence-corrected chi connectivity index (χ4v) is 6.58. The molecule has 0 unspecified atom stereocenters. The van der Waals surface area contributed by atoms with Gasteiger partial charge in [0.15, 0.2) is 0 Å². The first-order valence-corrected chi connectivity index (χ1v) is 15.4. The van der Waals surface area contributed by atoms with Gasteiger partial charge in [0.25, 0.3) is 0 Å². The lowest BCUT2D eigenvalue weighted by molar-refractivity contribution is -0.134. The molecule has 1 N–H and O–H groups in total. The quantitative estimate of drug-likeness (QED) is 0.507. The summed E-state index contributed by atoms with van der Waals surface area (Å²) in [5, 5.41) is 3.99. The molecule has 222 valence electrons. The molecule has 1 aromatic carbocycles. The Labute approximate surface area is 251 Å². The summed E-state index contributed by atoms with van der Waals surface area (Å²) in [5.74, 6) is -0.292. The number of likely N-dealkylation sites (tertiary alicyclic amines) is 2. The van der Waals surface area contributed by atoms with Crippen molar-refractivity contribution in [2.45, 2.75) is 50.6 Å². The van der Waals surface area contributed by atoms with E-state index in [0.717, 1.165) is 68.7 Å². The van der Waals surface area contributed by atoms with Crippen LogP contribution in [0.15, 0.2) is 30.5 Å². The summed E-state index contributed by atoms with van der Waals surface area (Å²) in [7, 11) is 2.12. The van der Waals surface area contributed by atoms with Gasteiger partial charge in [-0.15, -0.1) is 0 Å². The number of urea groups is 1. The number of halogens is 3. The van der Waals surface area contributed by atoms with Crippen molar-refractivity contribution in [1.29, 1.82) is 0 Å². The molecule has 3 aliphatic rings. The first-order chi connectivity index (χ1) is 19.8. The normalized spacial score (nSPS) is 19.9. The average molecular weight is 606 g/mol. The van der Waals surface area contributed by atoms with Crippen LogP contribution in [-0.2, 0) is 17.8 Å². The molecular weight excluding hydrogens is 566 g/mol. The minimum atomic E-state index is -0.741. The minimum absolute atomic E-state index is 0.119. The van der Waals surface area contributed by atoms with Gasteiger partial charge in [-0.1, -0.05) is 29.3 Å². The molecule has 0 saturated carbocycles. The predicted octanol–water partition coefficient (Wildman–Crippen LogP) is 4.40. The van der Waals surface area contributed by atoms with Crippen LogP contribution in [0.2, 0.25) is 10.0 Å². The zero-order valence-electron chi connectivity index (χ0n) is 23.6. The third-order valence-electron chi connectivity index (χ3n) is 8.58. The fraction of sp³-hybridized carbons (Fsp3) is 0.567. The van der Waals surface area contributed by atoms with E-state index in [-0.39, 0.29) is 30.1 Å². The van der Waals surface area contributed by atoms with Gasteiger partial charge in [0, 0.05) is 87.0 Å². The molecule has 3 aliphatic heterocycles. The highest BCUT2D eigenvalue weighted by Gasteiger charge is 2.33. The number of amides is 3. The van der Waals surface area contributed by atoms with Crippen LogP contribution < -0.4 is 5.32 Å². The molecule has 1 atom stereocenters. The van der Waals surface area contributed by atoms with E-state index in [1.54, 1.807) is 29.2 Å². The lowest BCUT2D eigenvalue weighted by atomic mass is 9.89. The smallest absolute Gasteiger partial charge is 0.318 e. The molecule has 8 nitrogen and oxygen atoms in total. The van der Waals surface area contributed by atoms with Gasteiger partial charge in [-0.05, 0) is 62.1 Å². The number of piperidine rings is 1. The number of benzene rings is 1. The van der Waals surface area contributed by atoms with E-state index in [9.17, 15) is 14.0 Å². The Hall–Kier alpha value is -2.46. The number of nitrogens with zero attached hydrogens (tertiary/aromatic N) is 5. The monoisotopic (exact) mass is 604 g/mol. The molecule has 0 spiro atoms. The number of hydrogen-bond acceptors (Lipinski definition) is 5. The number of aromatic nitrogens is 1. The fourth-order valence-electron chi connectivity index (χ4n) is 6.09. The third kappa shape index (κ3) is 7.69. The Kier molecular flexibility index (Phi) is 10.0. The molecule has 11 heteroatoms. The Bertz CT molecular complexity index is 1230. The molecule has 3 amide bonds. The second kappa shape index (κ2) is 13.7. The summed E-state index contributed by atoms with van der Waals surface area (Å²) in [6.45, 7) is 7.04. The standard InChI is InChI=1S/C30H39Cl2FN6O2/c1-36-12-14-37(15-13-36)20-23-16-25(33)19-34-28(23)21-6-10-38(11-7-21)29(40)27(35-30(41)39-8-2-3-9-39)17-22-4-5-24(31)18-26(22)32/h4-5,16,18-19,21,27H,2-3,6-15,17,20H2,1H3,(H,35,41)/t27-/m1/s1. The highest BCUT2D eigenvalue weighted by molar-refractivity contribution is 6.35. The molecular formula is C30H39Cl2FN6O2. The largest absolute Gasteiger partial charge is 0.341 e. The second-order valence-electron chi connectivity index (χ2n) is 11.5. The van der Waals surface area contributed by atoms with E-state index in [1.165, 1.54) is 6.20 Å². The van der Waals surface area contributed by atoms with Crippen molar-refractivity contribution in [2.24, 2.45) is 0 Å². The first-order valence-electron chi connectivity index (χ1n) is 14.6. The number of pyridine rings is 1. The van der Waals surface area contributed by atoms with Gasteiger partial charge in [0.05, 0.1) is 6.20 Å². The van der Waals surface area contributed by atoms with Crippen molar-refractivity contribution in [3.8, 4) is 0 Å². The van der Waals surface area contributed by atoms with Crippen LogP contribution in [0.5, 0.6) is 0 Å². The number of nitrogens with one attached hydrogen (secondary N) is 1. The summed E-state index contributed by atoms with van der Waals surface area (Å²) in [6, 6.07) is 5.87. The maximum absolute atomic E-state index is 14.2. The van der Waals surface area contributed by atoms with Gasteiger partial charge in [-0.25, -0.2) is 9.18 Å². The van der Waals surface area contributed by atoms with Crippen LogP contribution in [0.4, 0.5) is 9.18 Å². The van der Waals surface area contributed by atoms with Crippen LogP contribution in [0, 0.1) is 5.82 Å². The number of carbonyl (C=O) groups is 2. The zero-order valence-corrected chi connectivity index (χ0v) is 25.1. The van der Waals surface area contributed by atoms with Gasteiger partial charge in [0.2, 0.25) is 5.91 Å². The molecule has 3 fully saturated rings. The van der Waals surface area contributed by atoms with Crippen LogP contribution in [0.3, 0.4) is 0 Å². The van der Waals surface area contributed by atoms with Gasteiger partial charge < -0.3 is 20.0 Å². The van der Waals surface area contributed by atoms with Crippen molar-refractivity contribution in [3.05, 3.63) is 63.1 Å². The van der Waals surface area contributed by atoms with Crippen LogP contribution >= 0.6 is 23.2 Å². The minimum Gasteiger partial charge on any atom is -0.341 e. The van der Waals surface area contributed by atoms with E-state index in [4.69, 9.17) is 23.2 Å². The molecule has 0 bridgehead atoms. The van der Waals surface area contributed by atoms with Crippen molar-refractivity contribution in [3.63, 3.8) is 0 Å². The maximum Gasteiger partial charge on any atom is 0.318 e. The highest BCUT2D eigenvalue weighted by Crippen LogP contribution is 2.31. The summed E-state index contributed by atoms with van der Waals surface area (Å²) in [5.41, 5.74) is 2.63. The van der Waals surface area contributed by atoms with Crippen molar-refractivity contribution >= 4 is 35.1 Å². The molecule has 5 rings (SSSR count). The van der Waals surface area contributed by atoms with Gasteiger partial charge in [-0.3, -0.25) is 14.7 Å². The SMILES string of the molecule is CN1CCN(Cc2cc(F)cnc2C2CCN(C(=O)[C@@H](Cc3ccc(Cl)cc3Cl)NC(=O)N3CCCC3)CC2)CC1. The molecule has 2 aromatic rings. The number of likely N-dealkylation sites (N-methyl/N-ethyl adjacent to an activating group) is 1. The van der Waals surface area contributed by atoms with Crippen LogP contribution in [-0.4, -0.2) is 102 Å². The zero-order chi connectivity index (χ0) is 28.9. The van der Waals surface area contributed by atoms with E-state index < -0.39 is 6.04 Å². The Morgan fingerprint density at radius 2 is 1.68 bits per heavy atom. The summed E-state index contributed by atoms with van der Waals surface area (Å²) >= 11 is 12.5. The number of carbonyl (C=O) groups excluding carboxylic acids is 2. The number of piperazine rings is 1. The molecule has 3 saturated heterocycles. The number of hydrogen-bond donors (Lipinski definition) is 1. The predicted molar refractivity (Wildman–Crippen MR) is 159 cm³/mol. The molecule has 0 radical (unpaired) electrons. The number of rotatable bonds is 7. The van der Waals surface area contributed by atoms with Gasteiger partial charge in [-0.2, -0.15) is 0 Å². The highest BCUT2D eigenvalue weighted by atomic mass is 35.5. The Morgan fingerprint density at radius 1 is 0.976 bits per heavy atom. The van der Waals surface area contributed by atoms with E-state index in [1.807, 2.05) is 4.90 Å². The maximum atomic E-state index is 14.2. The molecule has 41 heavy (non-hydrogen) atoms. The Morgan fingerprint density at radius 3 is 2.37 bits per heavy atom. The summed E-state index contributed by atoms with van der Waals surface area (Å²) in [4.78, 5) is 39.6. The van der Waals surface area contributed by atoms with Crippen molar-refractivity contribution in [2.75, 3.05) is 59.4 Å². The van der Waals surface area contributed by atoms with Crippen LogP contribution in [0.25, 0.3) is 0 Å². The van der Waals surface area contributed by atoms with Crippen molar-refractivity contribution < 1.29 is 14.0 Å². The van der Waals surface area contributed by atoms with Gasteiger partial charge >= 0.3 is 6.03 Å². The van der Waals surface area contributed by atoms with Crippen molar-refractivity contribution in [1.82, 2.24) is 29.9 Å². The lowest BCUT2D eigenvalue weighted by Crippen LogP contribution is -2.54. The molecule has 0 aliphatic carbocycles. The average Bonchev–Trinajstić information content (AvgIpc) is 3.51. The second-order valence-corrected chi connectivity index (χ2v) is 12.4. The summed E-state index contributed by atoms with van der Waals surface area (Å²) in [6.07, 6.45) is 4.99. The third-order valence-corrected chi connectivity index (χ3v) is 9.17.